The Balaban J connectivity index is 1.85. The van der Waals surface area contributed by atoms with Gasteiger partial charge < -0.3 is 20.3 Å². The van der Waals surface area contributed by atoms with E-state index in [-0.39, 0.29) is 24.7 Å². The summed E-state index contributed by atoms with van der Waals surface area (Å²) in [6.07, 6.45) is 0.437. The van der Waals surface area contributed by atoms with Crippen molar-refractivity contribution in [2.45, 2.75) is 19.9 Å². The van der Waals surface area contributed by atoms with Gasteiger partial charge in [0, 0.05) is 29.9 Å². The fourth-order valence-corrected chi connectivity index (χ4v) is 2.93. The minimum atomic E-state index is -0.307. The number of para-hydroxylation sites is 1. The van der Waals surface area contributed by atoms with Crippen LogP contribution in [0.5, 0.6) is 0 Å². The van der Waals surface area contributed by atoms with Gasteiger partial charge >= 0.3 is 6.03 Å². The lowest BCUT2D eigenvalue weighted by Crippen LogP contribution is -2.37. The monoisotopic (exact) mass is 365 g/mol. The summed E-state index contributed by atoms with van der Waals surface area (Å²) < 4.78 is 0. The van der Waals surface area contributed by atoms with Crippen LogP contribution in [-0.4, -0.2) is 34.2 Å². The van der Waals surface area contributed by atoms with E-state index in [9.17, 15) is 9.59 Å². The molecule has 3 rings (SSSR count). The Labute approximate surface area is 157 Å². The molecule has 0 radical (unpaired) electrons. The highest BCUT2D eigenvalue weighted by Crippen LogP contribution is 2.15. The molecule has 2 amide bonds. The highest BCUT2D eigenvalue weighted by Gasteiger charge is 2.16. The van der Waals surface area contributed by atoms with E-state index in [2.05, 4.69) is 10.3 Å². The third kappa shape index (κ3) is 4.74. The van der Waals surface area contributed by atoms with Crippen molar-refractivity contribution in [2.24, 2.45) is 0 Å². The molecule has 27 heavy (non-hydrogen) atoms. The number of rotatable bonds is 6. The third-order valence-electron chi connectivity index (χ3n) is 4.34. The van der Waals surface area contributed by atoms with E-state index in [1.807, 2.05) is 49.4 Å². The summed E-state index contributed by atoms with van der Waals surface area (Å²) in [5.41, 5.74) is 2.84. The van der Waals surface area contributed by atoms with Gasteiger partial charge in [-0.1, -0.05) is 29.8 Å². The number of amides is 2. The number of hydrogen-bond donors (Lipinski definition) is 3. The number of aliphatic hydroxyl groups is 1. The number of benzene rings is 2. The standard InChI is InChI=1S/C21H23N3O3/c1-15-8-9-19-16(12-15)13-17(20(26)23-19)14-24(10-5-11-25)21(27)22-18-6-3-2-4-7-18/h2-4,6-9,12-13,25H,5,10-11,14H2,1H3,(H,22,27)(H,23,26). The molecule has 6 heteroatoms. The van der Waals surface area contributed by atoms with Crippen LogP contribution < -0.4 is 10.9 Å². The van der Waals surface area contributed by atoms with Crippen LogP contribution in [0.15, 0.2) is 59.4 Å². The number of carbonyl (C=O) groups is 1. The predicted molar refractivity (Wildman–Crippen MR) is 107 cm³/mol. The fraction of sp³-hybridized carbons (Fsp3) is 0.238. The van der Waals surface area contributed by atoms with Crippen LogP contribution in [0, 0.1) is 6.92 Å². The van der Waals surface area contributed by atoms with Gasteiger partial charge in [0.25, 0.3) is 5.56 Å². The molecule has 3 aromatic rings. The molecule has 0 saturated carbocycles. The maximum Gasteiger partial charge on any atom is 0.322 e. The van der Waals surface area contributed by atoms with Crippen molar-refractivity contribution in [1.29, 1.82) is 0 Å². The van der Waals surface area contributed by atoms with Crippen molar-refractivity contribution in [3.63, 3.8) is 0 Å². The lowest BCUT2D eigenvalue weighted by atomic mass is 10.1. The quantitative estimate of drug-likeness (QED) is 0.627. The van der Waals surface area contributed by atoms with Crippen molar-refractivity contribution in [1.82, 2.24) is 9.88 Å². The number of carbonyl (C=O) groups excluding carboxylic acids is 1. The Bertz CT molecular complexity index is 983. The van der Waals surface area contributed by atoms with E-state index in [1.54, 1.807) is 12.1 Å². The largest absolute Gasteiger partial charge is 0.396 e. The molecule has 3 N–H and O–H groups in total. The Morgan fingerprint density at radius 3 is 2.67 bits per heavy atom. The van der Waals surface area contributed by atoms with Gasteiger partial charge in [0.1, 0.15) is 0 Å². The van der Waals surface area contributed by atoms with Crippen LogP contribution in [0.4, 0.5) is 10.5 Å². The summed E-state index contributed by atoms with van der Waals surface area (Å²) in [7, 11) is 0. The summed E-state index contributed by atoms with van der Waals surface area (Å²) in [6, 6.07) is 16.5. The van der Waals surface area contributed by atoms with E-state index in [1.165, 1.54) is 4.90 Å². The van der Waals surface area contributed by atoms with Crippen molar-refractivity contribution in [3.05, 3.63) is 76.1 Å². The number of aliphatic hydroxyl groups excluding tert-OH is 1. The van der Waals surface area contributed by atoms with Crippen LogP contribution in [0.1, 0.15) is 17.5 Å². The van der Waals surface area contributed by atoms with E-state index < -0.39 is 0 Å². The average molecular weight is 365 g/mol. The summed E-state index contributed by atoms with van der Waals surface area (Å²) >= 11 is 0. The number of aromatic nitrogens is 1. The number of pyridine rings is 1. The second-order valence-corrected chi connectivity index (χ2v) is 6.51. The lowest BCUT2D eigenvalue weighted by Gasteiger charge is -2.23. The molecule has 1 aromatic heterocycles. The molecule has 0 aliphatic carbocycles. The Morgan fingerprint density at radius 1 is 1.15 bits per heavy atom. The molecule has 0 aliphatic heterocycles. The molecule has 140 valence electrons. The van der Waals surface area contributed by atoms with Gasteiger partial charge in [0.05, 0.1) is 6.54 Å². The predicted octanol–water partition coefficient (Wildman–Crippen LogP) is 3.25. The minimum Gasteiger partial charge on any atom is -0.396 e. The molecule has 0 fully saturated rings. The molecule has 1 heterocycles. The van der Waals surface area contributed by atoms with Gasteiger partial charge in [-0.05, 0) is 49.1 Å². The Kier molecular flexibility index (Phi) is 5.88. The zero-order valence-corrected chi connectivity index (χ0v) is 15.2. The molecule has 0 bridgehead atoms. The molecule has 0 atom stereocenters. The smallest absolute Gasteiger partial charge is 0.322 e. The molecular weight excluding hydrogens is 342 g/mol. The molecule has 0 unspecified atom stereocenters. The number of aryl methyl sites for hydroxylation is 1. The summed E-state index contributed by atoms with van der Waals surface area (Å²) in [6.45, 7) is 2.48. The zero-order valence-electron chi connectivity index (χ0n) is 15.2. The van der Waals surface area contributed by atoms with Crippen LogP contribution >= 0.6 is 0 Å². The van der Waals surface area contributed by atoms with Crippen LogP contribution in [0.2, 0.25) is 0 Å². The number of aromatic amines is 1. The maximum atomic E-state index is 12.7. The number of H-pyrrole nitrogens is 1. The Hall–Kier alpha value is -3.12. The number of fused-ring (bicyclic) bond motifs is 1. The molecule has 0 spiro atoms. The van der Waals surface area contributed by atoms with Crippen LogP contribution in [0.3, 0.4) is 0 Å². The van der Waals surface area contributed by atoms with E-state index in [4.69, 9.17) is 5.11 Å². The zero-order chi connectivity index (χ0) is 19.2. The topological polar surface area (TPSA) is 85.4 Å². The number of urea groups is 1. The van der Waals surface area contributed by atoms with E-state index in [0.717, 1.165) is 16.5 Å². The normalized spacial score (nSPS) is 10.7. The number of anilines is 1. The summed E-state index contributed by atoms with van der Waals surface area (Å²) in [5.74, 6) is 0. The minimum absolute atomic E-state index is 0.0254. The lowest BCUT2D eigenvalue weighted by molar-refractivity contribution is 0.199. The van der Waals surface area contributed by atoms with Gasteiger partial charge in [0.2, 0.25) is 0 Å². The second kappa shape index (κ2) is 8.51. The van der Waals surface area contributed by atoms with Crippen molar-refractivity contribution < 1.29 is 9.90 Å². The fourth-order valence-electron chi connectivity index (χ4n) is 2.93. The Morgan fingerprint density at radius 2 is 1.93 bits per heavy atom. The van der Waals surface area contributed by atoms with E-state index in [0.29, 0.717) is 24.2 Å². The first kappa shape index (κ1) is 18.7. The first-order valence-corrected chi connectivity index (χ1v) is 8.91. The van der Waals surface area contributed by atoms with Crippen LogP contribution in [-0.2, 0) is 6.54 Å². The highest BCUT2D eigenvalue weighted by atomic mass is 16.3. The number of hydrogen-bond acceptors (Lipinski definition) is 3. The van der Waals surface area contributed by atoms with Gasteiger partial charge in [-0.15, -0.1) is 0 Å². The highest BCUT2D eigenvalue weighted by molar-refractivity contribution is 5.89. The van der Waals surface area contributed by atoms with Gasteiger partial charge in [0.15, 0.2) is 0 Å². The first-order chi connectivity index (χ1) is 13.1. The SMILES string of the molecule is Cc1ccc2[nH]c(=O)c(CN(CCCO)C(=O)Nc3ccccc3)cc2c1. The summed E-state index contributed by atoms with van der Waals surface area (Å²) in [5, 5.41) is 12.9. The van der Waals surface area contributed by atoms with Gasteiger partial charge in [-0.3, -0.25) is 4.79 Å². The van der Waals surface area contributed by atoms with Gasteiger partial charge in [-0.25, -0.2) is 4.79 Å². The van der Waals surface area contributed by atoms with Crippen molar-refractivity contribution in [3.8, 4) is 0 Å². The van der Waals surface area contributed by atoms with Gasteiger partial charge in [-0.2, -0.15) is 0 Å². The van der Waals surface area contributed by atoms with Crippen molar-refractivity contribution in [2.75, 3.05) is 18.5 Å². The molecule has 6 nitrogen and oxygen atoms in total. The second-order valence-electron chi connectivity index (χ2n) is 6.51. The third-order valence-corrected chi connectivity index (χ3v) is 4.34. The summed E-state index contributed by atoms with van der Waals surface area (Å²) in [4.78, 5) is 29.5. The molecule has 0 aliphatic rings. The number of nitrogens with zero attached hydrogens (tertiary/aromatic N) is 1. The average Bonchev–Trinajstić information content (AvgIpc) is 2.66. The number of nitrogens with one attached hydrogen (secondary N) is 2. The maximum absolute atomic E-state index is 12.7. The van der Waals surface area contributed by atoms with E-state index >= 15 is 0 Å². The van der Waals surface area contributed by atoms with Crippen molar-refractivity contribution >= 4 is 22.6 Å². The molecule has 0 saturated heterocycles. The molecular formula is C21H23N3O3. The first-order valence-electron chi connectivity index (χ1n) is 8.91. The molecule has 2 aromatic carbocycles. The van der Waals surface area contributed by atoms with Crippen LogP contribution in [0.25, 0.3) is 10.9 Å².